The highest BCUT2D eigenvalue weighted by atomic mass is 35.5. The van der Waals surface area contributed by atoms with Crippen LogP contribution in [0.3, 0.4) is 0 Å². The Kier molecular flexibility index (Phi) is 4.14. The maximum atomic E-state index is 12.8. The third kappa shape index (κ3) is 2.98. The number of hydrogen-bond acceptors (Lipinski definition) is 3. The van der Waals surface area contributed by atoms with Gasteiger partial charge in [-0.2, -0.15) is 0 Å². The number of halogens is 1. The van der Waals surface area contributed by atoms with Crippen molar-refractivity contribution in [1.29, 1.82) is 0 Å². The molecule has 1 aromatic heterocycles. The Labute approximate surface area is 172 Å². The lowest BCUT2D eigenvalue weighted by molar-refractivity contribution is 0.0926. The molecule has 5 rings (SSSR count). The minimum absolute atomic E-state index is 0.309. The van der Waals surface area contributed by atoms with E-state index in [1.807, 2.05) is 42.5 Å². The van der Waals surface area contributed by atoms with E-state index in [9.17, 15) is 9.59 Å². The largest absolute Gasteiger partial charge is 0.268 e. The second-order valence-electron chi connectivity index (χ2n) is 6.97. The van der Waals surface area contributed by atoms with Crippen LogP contribution < -0.4 is 4.90 Å². The summed E-state index contributed by atoms with van der Waals surface area (Å²) in [5, 5.41) is 1.28. The number of hydrogen-bond donors (Lipinski definition) is 0. The Bertz CT molecular complexity index is 1250. The van der Waals surface area contributed by atoms with Crippen LogP contribution in [0.2, 0.25) is 5.15 Å². The van der Waals surface area contributed by atoms with E-state index in [0.29, 0.717) is 33.9 Å². The highest BCUT2D eigenvalue weighted by molar-refractivity contribution is 6.34. The number of imide groups is 1. The van der Waals surface area contributed by atoms with Crippen LogP contribution in [0.1, 0.15) is 31.8 Å². The van der Waals surface area contributed by atoms with Gasteiger partial charge in [-0.25, -0.2) is 9.88 Å². The highest BCUT2D eigenvalue weighted by Gasteiger charge is 2.36. The maximum absolute atomic E-state index is 12.8. The van der Waals surface area contributed by atoms with Crippen molar-refractivity contribution >= 4 is 40.0 Å². The van der Waals surface area contributed by atoms with Gasteiger partial charge in [0, 0.05) is 11.8 Å². The lowest BCUT2D eigenvalue weighted by Gasteiger charge is -2.15. The van der Waals surface area contributed by atoms with Gasteiger partial charge in [-0.15, -0.1) is 0 Å². The molecule has 0 unspecified atom stereocenters. The first-order valence-electron chi connectivity index (χ1n) is 9.23. The van der Waals surface area contributed by atoms with Gasteiger partial charge in [-0.1, -0.05) is 54.1 Å². The summed E-state index contributed by atoms with van der Waals surface area (Å²) in [4.78, 5) is 31.3. The molecule has 29 heavy (non-hydrogen) atoms. The molecule has 1 aliphatic heterocycles. The van der Waals surface area contributed by atoms with Crippen molar-refractivity contribution in [2.24, 2.45) is 0 Å². The molecular weight excluding hydrogens is 384 g/mol. The molecule has 2 amide bonds. The molecule has 2 heterocycles. The number of benzene rings is 3. The average Bonchev–Trinajstić information content (AvgIpc) is 3.00. The van der Waals surface area contributed by atoms with Crippen LogP contribution in [0.25, 0.3) is 10.9 Å². The van der Waals surface area contributed by atoms with Crippen LogP contribution in [0, 0.1) is 0 Å². The molecule has 3 aromatic carbocycles. The first-order chi connectivity index (χ1) is 14.1. The fraction of sp³-hybridized carbons (Fsp3) is 0.0417. The molecule has 0 N–H and O–H groups in total. The molecule has 0 saturated carbocycles. The third-order valence-corrected chi connectivity index (χ3v) is 5.44. The Morgan fingerprint density at radius 1 is 0.793 bits per heavy atom. The molecule has 5 heteroatoms. The van der Waals surface area contributed by atoms with Gasteiger partial charge in [0.05, 0.1) is 22.3 Å². The summed E-state index contributed by atoms with van der Waals surface area (Å²) in [6.45, 7) is 0. The fourth-order valence-electron chi connectivity index (χ4n) is 3.69. The summed E-state index contributed by atoms with van der Waals surface area (Å²) in [6, 6.07) is 24.2. The molecule has 1 aliphatic rings. The number of rotatable bonds is 3. The summed E-state index contributed by atoms with van der Waals surface area (Å²) < 4.78 is 0. The lowest BCUT2D eigenvalue weighted by Crippen LogP contribution is -2.29. The van der Waals surface area contributed by atoms with Gasteiger partial charge in [0.25, 0.3) is 11.8 Å². The van der Waals surface area contributed by atoms with Crippen molar-refractivity contribution in [2.45, 2.75) is 6.42 Å². The summed E-state index contributed by atoms with van der Waals surface area (Å²) >= 11 is 6.40. The monoisotopic (exact) mass is 398 g/mol. The minimum atomic E-state index is -0.309. The van der Waals surface area contributed by atoms with Crippen LogP contribution >= 0.6 is 11.6 Å². The number of aromatic nitrogens is 1. The molecule has 0 aliphatic carbocycles. The lowest BCUT2D eigenvalue weighted by atomic mass is 10.0. The topological polar surface area (TPSA) is 50.3 Å². The molecular formula is C24H15ClN2O2. The predicted octanol–water partition coefficient (Wildman–Crippen LogP) is 5.28. The molecule has 0 spiro atoms. The third-order valence-electron chi connectivity index (χ3n) is 5.11. The van der Waals surface area contributed by atoms with E-state index in [2.05, 4.69) is 4.98 Å². The Morgan fingerprint density at radius 3 is 2.14 bits per heavy atom. The number of anilines is 1. The molecule has 0 bridgehead atoms. The van der Waals surface area contributed by atoms with Crippen LogP contribution in [0.15, 0.2) is 78.9 Å². The summed E-state index contributed by atoms with van der Waals surface area (Å²) in [5.74, 6) is -0.618. The van der Waals surface area contributed by atoms with E-state index in [0.717, 1.165) is 16.5 Å². The normalized spacial score (nSPS) is 13.2. The van der Waals surface area contributed by atoms with Gasteiger partial charge in [-0.3, -0.25) is 9.59 Å². The number of amides is 2. The van der Waals surface area contributed by atoms with Crippen LogP contribution in [-0.2, 0) is 6.42 Å². The highest BCUT2D eigenvalue weighted by Crippen LogP contribution is 2.31. The standard InChI is InChI=1S/C24H15ClN2O2/c25-22-17(12-15-6-2-1-3-7-15)13-16-14-18(10-11-21(16)26-22)27-23(28)19-8-4-5-9-20(19)24(27)29/h1-11,13-14H,12H2. The van der Waals surface area contributed by atoms with E-state index in [1.165, 1.54) is 4.90 Å². The van der Waals surface area contributed by atoms with E-state index >= 15 is 0 Å². The summed E-state index contributed by atoms with van der Waals surface area (Å²) in [5.41, 5.74) is 4.12. The van der Waals surface area contributed by atoms with Crippen LogP contribution in [-0.4, -0.2) is 16.8 Å². The van der Waals surface area contributed by atoms with Crippen molar-refractivity contribution in [3.8, 4) is 0 Å². The van der Waals surface area contributed by atoms with Gasteiger partial charge >= 0.3 is 0 Å². The SMILES string of the molecule is O=C1c2ccccc2C(=O)N1c1ccc2nc(Cl)c(Cc3ccccc3)cc2c1. The van der Waals surface area contributed by atoms with Crippen LogP contribution in [0.5, 0.6) is 0 Å². The fourth-order valence-corrected chi connectivity index (χ4v) is 3.90. The van der Waals surface area contributed by atoms with Crippen molar-refractivity contribution in [1.82, 2.24) is 4.98 Å². The molecule has 0 saturated heterocycles. The average molecular weight is 399 g/mol. The molecule has 0 fully saturated rings. The Balaban J connectivity index is 1.56. The second kappa shape index (κ2) is 6.83. The first kappa shape index (κ1) is 17.6. The maximum Gasteiger partial charge on any atom is 0.266 e. The van der Waals surface area contributed by atoms with Crippen molar-refractivity contribution in [2.75, 3.05) is 4.90 Å². The van der Waals surface area contributed by atoms with Gasteiger partial charge in [0.15, 0.2) is 0 Å². The Morgan fingerprint density at radius 2 is 1.45 bits per heavy atom. The number of carbonyl (C=O) groups excluding carboxylic acids is 2. The molecule has 4 nitrogen and oxygen atoms in total. The number of carbonyl (C=O) groups is 2. The van der Waals surface area contributed by atoms with E-state index in [4.69, 9.17) is 11.6 Å². The summed E-state index contributed by atoms with van der Waals surface area (Å²) in [6.07, 6.45) is 0.653. The summed E-state index contributed by atoms with van der Waals surface area (Å²) in [7, 11) is 0. The zero-order chi connectivity index (χ0) is 20.0. The van der Waals surface area contributed by atoms with Gasteiger partial charge in [-0.05, 0) is 47.5 Å². The quantitative estimate of drug-likeness (QED) is 0.348. The number of fused-ring (bicyclic) bond motifs is 2. The van der Waals surface area contributed by atoms with E-state index < -0.39 is 0 Å². The predicted molar refractivity (Wildman–Crippen MR) is 114 cm³/mol. The minimum Gasteiger partial charge on any atom is -0.268 e. The number of pyridine rings is 1. The zero-order valence-corrected chi connectivity index (χ0v) is 16.1. The zero-order valence-electron chi connectivity index (χ0n) is 15.3. The second-order valence-corrected chi connectivity index (χ2v) is 7.33. The van der Waals surface area contributed by atoms with Crippen molar-refractivity contribution < 1.29 is 9.59 Å². The van der Waals surface area contributed by atoms with Crippen molar-refractivity contribution in [3.05, 3.63) is 106 Å². The van der Waals surface area contributed by atoms with Gasteiger partial charge in [0.1, 0.15) is 5.15 Å². The van der Waals surface area contributed by atoms with Gasteiger partial charge in [0.2, 0.25) is 0 Å². The first-order valence-corrected chi connectivity index (χ1v) is 9.60. The van der Waals surface area contributed by atoms with Crippen molar-refractivity contribution in [3.63, 3.8) is 0 Å². The molecule has 0 radical (unpaired) electrons. The van der Waals surface area contributed by atoms with Crippen LogP contribution in [0.4, 0.5) is 5.69 Å². The van der Waals surface area contributed by atoms with E-state index in [-0.39, 0.29) is 11.8 Å². The van der Waals surface area contributed by atoms with Gasteiger partial charge < -0.3 is 0 Å². The molecule has 140 valence electrons. The molecule has 4 aromatic rings. The molecule has 0 atom stereocenters. The Hall–Kier alpha value is -3.50. The number of nitrogens with zero attached hydrogens (tertiary/aromatic N) is 2. The van der Waals surface area contributed by atoms with E-state index in [1.54, 1.807) is 36.4 Å². The smallest absolute Gasteiger partial charge is 0.266 e.